The molecular weight excluding hydrogens is 246 g/mol. The number of unbranched alkanes of at least 4 members (excludes halogenated alkanes) is 1. The first-order valence-corrected chi connectivity index (χ1v) is 6.24. The Bertz CT molecular complexity index is 458. The summed E-state index contributed by atoms with van der Waals surface area (Å²) >= 11 is 0. The van der Waals surface area contributed by atoms with Gasteiger partial charge in [0.25, 0.3) is 0 Å². The molecule has 1 fully saturated rings. The van der Waals surface area contributed by atoms with Crippen LogP contribution in [0.2, 0.25) is 0 Å². The zero-order chi connectivity index (χ0) is 14.4. The Kier molecular flexibility index (Phi) is 5.24. The molecular formula is C13H18N3O3+. The first-order valence-electron chi connectivity index (χ1n) is 6.24. The molecule has 0 saturated carbocycles. The van der Waals surface area contributed by atoms with Gasteiger partial charge in [0, 0.05) is 19.4 Å². The van der Waals surface area contributed by atoms with Crippen molar-refractivity contribution in [3.8, 4) is 0 Å². The van der Waals surface area contributed by atoms with E-state index in [1.54, 1.807) is 6.08 Å². The van der Waals surface area contributed by atoms with Gasteiger partial charge in [-0.25, -0.2) is 0 Å². The highest BCUT2D eigenvalue weighted by Crippen LogP contribution is 2.25. The smallest absolute Gasteiger partial charge is 0.485 e. The van der Waals surface area contributed by atoms with Gasteiger partial charge in [0.1, 0.15) is 0 Å². The third-order valence-electron chi connectivity index (χ3n) is 3.17. The van der Waals surface area contributed by atoms with Crippen molar-refractivity contribution in [2.45, 2.75) is 32.6 Å². The van der Waals surface area contributed by atoms with Crippen molar-refractivity contribution in [2.24, 2.45) is 5.92 Å². The van der Waals surface area contributed by atoms with Gasteiger partial charge >= 0.3 is 11.6 Å². The Morgan fingerprint density at radius 3 is 2.89 bits per heavy atom. The molecule has 2 amide bonds. The van der Waals surface area contributed by atoms with E-state index in [0.29, 0.717) is 19.4 Å². The summed E-state index contributed by atoms with van der Waals surface area (Å²) in [6, 6.07) is 0. The summed E-state index contributed by atoms with van der Waals surface area (Å²) in [5.41, 5.74) is -0.486. The second-order valence-corrected chi connectivity index (χ2v) is 4.53. The number of diazo groups is 1. The second-order valence-electron chi connectivity index (χ2n) is 4.53. The van der Waals surface area contributed by atoms with Crippen LogP contribution in [0.3, 0.4) is 0 Å². The molecule has 1 unspecified atom stereocenters. The third-order valence-corrected chi connectivity index (χ3v) is 3.17. The molecule has 1 atom stereocenters. The summed E-state index contributed by atoms with van der Waals surface area (Å²) in [7, 11) is 0. The molecule has 102 valence electrons. The number of amides is 2. The zero-order valence-electron chi connectivity index (χ0n) is 11.0. The number of carbonyl (C=O) groups is 2. The van der Waals surface area contributed by atoms with Crippen LogP contribution in [0.25, 0.3) is 4.98 Å². The summed E-state index contributed by atoms with van der Waals surface area (Å²) in [6.07, 6.45) is 4.80. The van der Waals surface area contributed by atoms with E-state index in [9.17, 15) is 14.7 Å². The Labute approximate surface area is 112 Å². The molecule has 0 aliphatic carbocycles. The predicted molar refractivity (Wildman–Crippen MR) is 69.3 cm³/mol. The molecule has 1 heterocycles. The highest BCUT2D eigenvalue weighted by atomic mass is 16.3. The van der Waals surface area contributed by atoms with Gasteiger partial charge in [0.2, 0.25) is 11.3 Å². The third kappa shape index (κ3) is 3.41. The van der Waals surface area contributed by atoms with Crippen LogP contribution in [0.15, 0.2) is 24.1 Å². The molecule has 1 N–H and O–H groups in total. The number of imide groups is 1. The lowest BCUT2D eigenvalue weighted by Gasteiger charge is -2.11. The van der Waals surface area contributed by atoms with E-state index in [-0.39, 0.29) is 11.8 Å². The summed E-state index contributed by atoms with van der Waals surface area (Å²) < 4.78 is 0. The maximum Gasteiger partial charge on any atom is 0.485 e. The second kappa shape index (κ2) is 6.69. The number of rotatable bonds is 5. The number of nitrogens with zero attached hydrogens (tertiary/aromatic N) is 3. The molecule has 1 aliphatic heterocycles. The molecule has 1 rings (SSSR count). The van der Waals surface area contributed by atoms with Crippen LogP contribution in [0.5, 0.6) is 0 Å². The van der Waals surface area contributed by atoms with Crippen molar-refractivity contribution in [2.75, 3.05) is 6.54 Å². The van der Waals surface area contributed by atoms with Crippen LogP contribution >= 0.6 is 0 Å². The van der Waals surface area contributed by atoms with Crippen molar-refractivity contribution in [3.63, 3.8) is 0 Å². The minimum atomic E-state index is -0.751. The summed E-state index contributed by atoms with van der Waals surface area (Å²) in [5.74, 6) is -1.60. The van der Waals surface area contributed by atoms with Crippen molar-refractivity contribution in [3.05, 3.63) is 29.1 Å². The van der Waals surface area contributed by atoms with Crippen molar-refractivity contribution < 1.29 is 14.7 Å². The summed E-state index contributed by atoms with van der Waals surface area (Å²) in [4.78, 5) is 27.7. The van der Waals surface area contributed by atoms with Crippen molar-refractivity contribution >= 4 is 11.8 Å². The molecule has 0 aromatic carbocycles. The number of allylic oxidation sites excluding steroid dienone is 2. The van der Waals surface area contributed by atoms with Gasteiger partial charge < -0.3 is 5.11 Å². The molecule has 0 radical (unpaired) electrons. The number of aliphatic hydroxyl groups excluding tert-OH is 1. The lowest BCUT2D eigenvalue weighted by molar-refractivity contribution is -0.141. The van der Waals surface area contributed by atoms with E-state index in [0.717, 1.165) is 17.7 Å². The summed E-state index contributed by atoms with van der Waals surface area (Å²) in [5, 5.41) is 17.9. The van der Waals surface area contributed by atoms with Gasteiger partial charge in [-0.05, 0) is 25.7 Å². The molecule has 6 nitrogen and oxygen atoms in total. The topological polar surface area (TPSA) is 85.8 Å². The molecule has 1 saturated heterocycles. The van der Waals surface area contributed by atoms with Crippen LogP contribution in [-0.2, 0) is 9.59 Å². The Morgan fingerprint density at radius 2 is 2.37 bits per heavy atom. The molecule has 19 heavy (non-hydrogen) atoms. The average Bonchev–Trinajstić information content (AvgIpc) is 2.72. The Morgan fingerprint density at radius 1 is 1.68 bits per heavy atom. The fourth-order valence-corrected chi connectivity index (χ4v) is 2.11. The van der Waals surface area contributed by atoms with Crippen LogP contribution in [0.4, 0.5) is 0 Å². The van der Waals surface area contributed by atoms with E-state index in [1.165, 1.54) is 6.92 Å². The van der Waals surface area contributed by atoms with E-state index < -0.39 is 17.4 Å². The number of hydrogen-bond acceptors (Lipinski definition) is 4. The van der Waals surface area contributed by atoms with Gasteiger partial charge in [-0.15, -0.1) is 6.58 Å². The maximum atomic E-state index is 12.0. The lowest BCUT2D eigenvalue weighted by Crippen LogP contribution is -2.34. The Hall–Kier alpha value is -2.16. The predicted octanol–water partition coefficient (Wildman–Crippen LogP) is 2.36. The molecule has 1 aliphatic rings. The number of carbonyl (C=O) groups excluding carboxylic acids is 2. The van der Waals surface area contributed by atoms with Gasteiger partial charge in [-0.2, -0.15) is 0 Å². The number of likely N-dealkylation sites (tertiary alicyclic amines) is 1. The minimum Gasteiger partial charge on any atom is -0.505 e. The summed E-state index contributed by atoms with van der Waals surface area (Å²) in [6.45, 7) is 5.14. The number of aliphatic hydroxyl groups is 1. The van der Waals surface area contributed by atoms with Crippen molar-refractivity contribution in [1.82, 2.24) is 4.90 Å². The molecule has 0 bridgehead atoms. The Balaban J connectivity index is 2.71. The molecule has 0 spiro atoms. The maximum absolute atomic E-state index is 12.0. The average molecular weight is 264 g/mol. The van der Waals surface area contributed by atoms with Crippen LogP contribution in [-0.4, -0.2) is 28.4 Å². The highest BCUT2D eigenvalue weighted by Gasteiger charge is 2.41. The fraction of sp³-hybridized carbons (Fsp3) is 0.538. The van der Waals surface area contributed by atoms with Crippen LogP contribution in [0, 0.1) is 11.3 Å². The molecule has 0 aromatic heterocycles. The SMILES string of the molecule is C=CCCCC1CCN(C(=O)/C([N+]#N)=C(/C)O)C1=O. The van der Waals surface area contributed by atoms with E-state index in [4.69, 9.17) is 5.39 Å². The number of hydrogen-bond donors (Lipinski definition) is 1. The largest absolute Gasteiger partial charge is 0.505 e. The molecule has 6 heteroatoms. The monoisotopic (exact) mass is 264 g/mol. The molecule has 0 aromatic rings. The van der Waals surface area contributed by atoms with Crippen LogP contribution < -0.4 is 0 Å². The quantitative estimate of drug-likeness (QED) is 0.271. The minimum absolute atomic E-state index is 0.178. The van der Waals surface area contributed by atoms with Crippen molar-refractivity contribution in [1.29, 1.82) is 5.39 Å². The fourth-order valence-electron chi connectivity index (χ4n) is 2.11. The lowest BCUT2D eigenvalue weighted by atomic mass is 10.0. The normalized spacial score (nSPS) is 19.9. The van der Waals surface area contributed by atoms with E-state index >= 15 is 0 Å². The van der Waals surface area contributed by atoms with E-state index in [1.807, 2.05) is 0 Å². The van der Waals surface area contributed by atoms with Gasteiger partial charge in [-0.1, -0.05) is 6.08 Å². The van der Waals surface area contributed by atoms with Gasteiger partial charge in [-0.3, -0.25) is 14.5 Å². The zero-order valence-corrected chi connectivity index (χ0v) is 11.0. The van der Waals surface area contributed by atoms with Gasteiger partial charge in [0.15, 0.2) is 10.7 Å². The van der Waals surface area contributed by atoms with Gasteiger partial charge in [0.05, 0.1) is 0 Å². The van der Waals surface area contributed by atoms with Crippen LogP contribution in [0.1, 0.15) is 32.6 Å². The first-order chi connectivity index (χ1) is 9.02. The standard InChI is InChI=1S/C13H17N3O3/c1-3-4-5-6-10-7-8-16(12(10)18)13(19)11(15-14)9(2)17/h3,10H,1,4-8H2,2H3/p+1. The first kappa shape index (κ1) is 14.9. The van der Waals surface area contributed by atoms with E-state index in [2.05, 4.69) is 11.6 Å². The highest BCUT2D eigenvalue weighted by molar-refractivity contribution is 6.06.